The van der Waals surface area contributed by atoms with Crippen molar-refractivity contribution in [3.8, 4) is 5.75 Å². The first-order valence-corrected chi connectivity index (χ1v) is 8.64. The van der Waals surface area contributed by atoms with Crippen LogP contribution in [-0.2, 0) is 9.53 Å². The van der Waals surface area contributed by atoms with Crippen LogP contribution in [0.3, 0.4) is 0 Å². The number of hydrogen-bond acceptors (Lipinski definition) is 4. The van der Waals surface area contributed by atoms with Gasteiger partial charge in [0.2, 0.25) is 0 Å². The van der Waals surface area contributed by atoms with Gasteiger partial charge in [0.05, 0.1) is 6.10 Å². The Hall–Kier alpha value is -2.93. The molecule has 2 aromatic rings. The van der Waals surface area contributed by atoms with Crippen LogP contribution in [0, 0.1) is 5.82 Å². The predicted molar refractivity (Wildman–Crippen MR) is 95.2 cm³/mol. The summed E-state index contributed by atoms with van der Waals surface area (Å²) in [7, 11) is 0. The van der Waals surface area contributed by atoms with Crippen molar-refractivity contribution in [3.63, 3.8) is 0 Å². The molecule has 0 spiro atoms. The molecule has 27 heavy (non-hydrogen) atoms. The lowest BCUT2D eigenvalue weighted by atomic mass is 9.97. The third-order valence-electron chi connectivity index (χ3n) is 4.34. The van der Waals surface area contributed by atoms with Crippen molar-refractivity contribution < 1.29 is 28.6 Å². The molecule has 2 N–H and O–H groups in total. The summed E-state index contributed by atoms with van der Waals surface area (Å²) in [6, 6.07) is 12.4. The molecule has 1 aliphatic heterocycles. The van der Waals surface area contributed by atoms with E-state index in [1.165, 1.54) is 12.1 Å². The largest absolute Gasteiger partial charge is 0.482 e. The summed E-state index contributed by atoms with van der Waals surface area (Å²) in [5.41, 5.74) is 1.35. The third-order valence-corrected chi connectivity index (χ3v) is 4.34. The van der Waals surface area contributed by atoms with E-state index >= 15 is 0 Å². The number of aliphatic carboxylic acids is 1. The van der Waals surface area contributed by atoms with Crippen LogP contribution in [0.1, 0.15) is 34.9 Å². The number of halogens is 1. The number of carbonyl (C=O) groups excluding carboxylic acids is 1. The van der Waals surface area contributed by atoms with Crippen LogP contribution in [0.25, 0.3) is 0 Å². The average molecular weight is 373 g/mol. The third kappa shape index (κ3) is 5.27. The lowest BCUT2D eigenvalue weighted by Crippen LogP contribution is -2.39. The topological polar surface area (TPSA) is 84.9 Å². The molecule has 7 heteroatoms. The molecule has 142 valence electrons. The van der Waals surface area contributed by atoms with Crippen molar-refractivity contribution in [2.45, 2.75) is 25.0 Å². The lowest BCUT2D eigenvalue weighted by Gasteiger charge is -2.30. The van der Waals surface area contributed by atoms with E-state index in [-0.39, 0.29) is 23.9 Å². The van der Waals surface area contributed by atoms with E-state index in [2.05, 4.69) is 5.32 Å². The Labute approximate surface area is 155 Å². The highest BCUT2D eigenvalue weighted by Crippen LogP contribution is 2.28. The average Bonchev–Trinajstić information content (AvgIpc) is 2.67. The quantitative estimate of drug-likeness (QED) is 0.813. The predicted octanol–water partition coefficient (Wildman–Crippen LogP) is 2.94. The van der Waals surface area contributed by atoms with Gasteiger partial charge in [-0.15, -0.1) is 0 Å². The fraction of sp³-hybridized carbons (Fsp3) is 0.300. The smallest absolute Gasteiger partial charge is 0.341 e. The van der Waals surface area contributed by atoms with Gasteiger partial charge in [0, 0.05) is 18.2 Å². The number of carboxylic acids is 1. The van der Waals surface area contributed by atoms with E-state index in [4.69, 9.17) is 14.6 Å². The van der Waals surface area contributed by atoms with Gasteiger partial charge >= 0.3 is 5.97 Å². The minimum absolute atomic E-state index is 0.0516. The second kappa shape index (κ2) is 8.64. The number of nitrogens with one attached hydrogen (secondary N) is 1. The summed E-state index contributed by atoms with van der Waals surface area (Å²) in [6.07, 6.45) is 1.12. The first-order chi connectivity index (χ1) is 13.0. The summed E-state index contributed by atoms with van der Waals surface area (Å²) in [4.78, 5) is 22.9. The van der Waals surface area contributed by atoms with E-state index in [0.29, 0.717) is 30.8 Å². The molecule has 0 bridgehead atoms. The Morgan fingerprint density at radius 3 is 2.52 bits per heavy atom. The number of ether oxygens (including phenoxy) is 2. The van der Waals surface area contributed by atoms with Gasteiger partial charge in [0.1, 0.15) is 11.6 Å². The number of rotatable bonds is 6. The summed E-state index contributed by atoms with van der Waals surface area (Å²) in [5, 5.41) is 11.6. The van der Waals surface area contributed by atoms with Crippen LogP contribution >= 0.6 is 0 Å². The second-order valence-corrected chi connectivity index (χ2v) is 6.31. The van der Waals surface area contributed by atoms with Gasteiger partial charge in [-0.3, -0.25) is 4.79 Å². The molecule has 0 aliphatic carbocycles. The van der Waals surface area contributed by atoms with Gasteiger partial charge in [-0.25, -0.2) is 9.18 Å². The maximum atomic E-state index is 13.1. The van der Waals surface area contributed by atoms with Gasteiger partial charge in [-0.05, 0) is 54.8 Å². The van der Waals surface area contributed by atoms with Crippen molar-refractivity contribution in [2.24, 2.45) is 0 Å². The minimum atomic E-state index is -1.06. The Kier molecular flexibility index (Phi) is 6.03. The van der Waals surface area contributed by atoms with Crippen LogP contribution in [0.4, 0.5) is 4.39 Å². The van der Waals surface area contributed by atoms with Crippen LogP contribution < -0.4 is 10.1 Å². The van der Waals surface area contributed by atoms with Crippen LogP contribution in [0.15, 0.2) is 48.5 Å². The molecule has 0 aromatic heterocycles. The molecule has 1 amide bonds. The maximum Gasteiger partial charge on any atom is 0.341 e. The normalized spacial score (nSPS) is 19.3. The molecule has 0 radical (unpaired) electrons. The molecule has 0 saturated carbocycles. The first kappa shape index (κ1) is 18.8. The lowest BCUT2D eigenvalue weighted by molar-refractivity contribution is -0.139. The fourth-order valence-electron chi connectivity index (χ4n) is 2.95. The van der Waals surface area contributed by atoms with Crippen LogP contribution in [-0.4, -0.2) is 36.2 Å². The number of hydrogen-bond donors (Lipinski definition) is 2. The number of carbonyl (C=O) groups is 2. The fourth-order valence-corrected chi connectivity index (χ4v) is 2.95. The minimum Gasteiger partial charge on any atom is -0.482 e. The number of amides is 1. The molecule has 6 nitrogen and oxygen atoms in total. The summed E-state index contributed by atoms with van der Waals surface area (Å²) >= 11 is 0. The van der Waals surface area contributed by atoms with Gasteiger partial charge in [-0.1, -0.05) is 12.1 Å². The highest BCUT2D eigenvalue weighted by atomic mass is 19.1. The maximum absolute atomic E-state index is 13.1. The van der Waals surface area contributed by atoms with Crippen molar-refractivity contribution in [1.82, 2.24) is 5.32 Å². The molecular formula is C20H20FNO5. The molecule has 3 rings (SSSR count). The summed E-state index contributed by atoms with van der Waals surface area (Å²) in [5.74, 6) is -1.19. The molecule has 1 saturated heterocycles. The Bertz CT molecular complexity index is 791. The van der Waals surface area contributed by atoms with Crippen LogP contribution in [0.5, 0.6) is 5.75 Å². The van der Waals surface area contributed by atoms with Crippen molar-refractivity contribution >= 4 is 11.9 Å². The highest BCUT2D eigenvalue weighted by Gasteiger charge is 2.25. The molecule has 1 fully saturated rings. The molecule has 1 aliphatic rings. The van der Waals surface area contributed by atoms with Gasteiger partial charge in [-0.2, -0.15) is 0 Å². The molecule has 1 heterocycles. The van der Waals surface area contributed by atoms with E-state index in [1.807, 2.05) is 0 Å². The highest BCUT2D eigenvalue weighted by molar-refractivity contribution is 5.94. The van der Waals surface area contributed by atoms with Crippen LogP contribution in [0.2, 0.25) is 0 Å². The van der Waals surface area contributed by atoms with Crippen molar-refractivity contribution in [3.05, 3.63) is 65.5 Å². The van der Waals surface area contributed by atoms with Gasteiger partial charge in [0.15, 0.2) is 6.61 Å². The zero-order valence-corrected chi connectivity index (χ0v) is 14.6. The zero-order valence-electron chi connectivity index (χ0n) is 14.6. The number of carboxylic acid groups (broad SMARTS) is 1. The van der Waals surface area contributed by atoms with E-state index < -0.39 is 12.6 Å². The Balaban J connectivity index is 1.56. The second-order valence-electron chi connectivity index (χ2n) is 6.31. The van der Waals surface area contributed by atoms with Crippen molar-refractivity contribution in [2.75, 3.05) is 13.2 Å². The Morgan fingerprint density at radius 1 is 1.15 bits per heavy atom. The van der Waals surface area contributed by atoms with Gasteiger partial charge < -0.3 is 19.9 Å². The SMILES string of the molecule is O=C(O)COc1ccc(C(=O)NC2CCOC(c3ccc(F)cc3)C2)cc1. The van der Waals surface area contributed by atoms with E-state index in [1.54, 1.807) is 36.4 Å². The molecule has 2 unspecified atom stereocenters. The molecule has 2 atom stereocenters. The van der Waals surface area contributed by atoms with Gasteiger partial charge in [0.25, 0.3) is 5.91 Å². The van der Waals surface area contributed by atoms with E-state index in [9.17, 15) is 14.0 Å². The summed E-state index contributed by atoms with van der Waals surface area (Å²) < 4.78 is 23.9. The zero-order chi connectivity index (χ0) is 19.2. The monoisotopic (exact) mass is 373 g/mol. The first-order valence-electron chi connectivity index (χ1n) is 8.64. The number of benzene rings is 2. The Morgan fingerprint density at radius 2 is 1.85 bits per heavy atom. The summed E-state index contributed by atoms with van der Waals surface area (Å²) in [6.45, 7) is 0.0767. The molecule has 2 aromatic carbocycles. The standard InChI is InChI=1S/C20H20FNO5/c21-15-5-1-13(2-6-15)18-11-16(9-10-26-18)22-20(25)14-3-7-17(8-4-14)27-12-19(23)24/h1-8,16,18H,9-12H2,(H,22,25)(H,23,24). The van der Waals surface area contributed by atoms with E-state index in [0.717, 1.165) is 5.56 Å². The van der Waals surface area contributed by atoms with Crippen molar-refractivity contribution in [1.29, 1.82) is 0 Å². The molecular weight excluding hydrogens is 353 g/mol.